The molecule has 0 aliphatic heterocycles. The predicted octanol–water partition coefficient (Wildman–Crippen LogP) is 3.70. The molecule has 0 spiro atoms. The van der Waals surface area contributed by atoms with Crippen molar-refractivity contribution in [2.75, 3.05) is 11.9 Å². The SMILES string of the molecule is Cc1cc(C)cc(N(C)c2ccc(F)cc2CO)c1. The van der Waals surface area contributed by atoms with E-state index in [9.17, 15) is 9.50 Å². The summed E-state index contributed by atoms with van der Waals surface area (Å²) < 4.78 is 13.2. The van der Waals surface area contributed by atoms with Crippen molar-refractivity contribution in [2.24, 2.45) is 0 Å². The molecule has 0 bridgehead atoms. The van der Waals surface area contributed by atoms with Gasteiger partial charge in [0.25, 0.3) is 0 Å². The van der Waals surface area contributed by atoms with Crippen LogP contribution in [0.3, 0.4) is 0 Å². The Bertz CT molecular complexity index is 575. The lowest BCUT2D eigenvalue weighted by Crippen LogP contribution is -2.12. The number of hydrogen-bond acceptors (Lipinski definition) is 2. The Morgan fingerprint density at radius 1 is 1.05 bits per heavy atom. The first kappa shape index (κ1) is 13.6. The molecule has 0 radical (unpaired) electrons. The Balaban J connectivity index is 2.46. The van der Waals surface area contributed by atoms with E-state index in [-0.39, 0.29) is 12.4 Å². The van der Waals surface area contributed by atoms with Gasteiger partial charge in [-0.25, -0.2) is 4.39 Å². The molecule has 0 atom stereocenters. The number of aryl methyl sites for hydroxylation is 2. The Labute approximate surface area is 113 Å². The molecule has 2 aromatic carbocycles. The van der Waals surface area contributed by atoms with Crippen LogP contribution in [-0.4, -0.2) is 12.2 Å². The third kappa shape index (κ3) is 2.93. The van der Waals surface area contributed by atoms with Crippen LogP contribution in [-0.2, 0) is 6.61 Å². The summed E-state index contributed by atoms with van der Waals surface area (Å²) in [5, 5.41) is 9.35. The van der Waals surface area contributed by atoms with E-state index in [0.29, 0.717) is 5.56 Å². The molecule has 2 aromatic rings. The van der Waals surface area contributed by atoms with Crippen LogP contribution in [0.5, 0.6) is 0 Å². The Morgan fingerprint density at radius 2 is 1.68 bits per heavy atom. The number of aliphatic hydroxyl groups excluding tert-OH is 1. The van der Waals surface area contributed by atoms with Crippen LogP contribution in [0, 0.1) is 19.7 Å². The van der Waals surface area contributed by atoms with Crippen LogP contribution < -0.4 is 4.90 Å². The molecule has 0 aliphatic carbocycles. The fourth-order valence-electron chi connectivity index (χ4n) is 2.29. The summed E-state index contributed by atoms with van der Waals surface area (Å²) in [5.41, 5.74) is 4.78. The summed E-state index contributed by atoms with van der Waals surface area (Å²) in [6.45, 7) is 3.91. The molecule has 0 amide bonds. The highest BCUT2D eigenvalue weighted by Gasteiger charge is 2.10. The lowest BCUT2D eigenvalue weighted by molar-refractivity contribution is 0.281. The van der Waals surface area contributed by atoms with E-state index in [1.165, 1.54) is 23.3 Å². The van der Waals surface area contributed by atoms with E-state index >= 15 is 0 Å². The van der Waals surface area contributed by atoms with Crippen LogP contribution in [0.2, 0.25) is 0 Å². The van der Waals surface area contributed by atoms with Crippen molar-refractivity contribution in [3.05, 3.63) is 58.9 Å². The zero-order chi connectivity index (χ0) is 14.0. The van der Waals surface area contributed by atoms with Gasteiger partial charge in [0.05, 0.1) is 6.61 Å². The smallest absolute Gasteiger partial charge is 0.123 e. The maximum atomic E-state index is 13.2. The van der Waals surface area contributed by atoms with Crippen LogP contribution >= 0.6 is 0 Å². The summed E-state index contributed by atoms with van der Waals surface area (Å²) in [7, 11) is 1.92. The molecule has 1 N–H and O–H groups in total. The highest BCUT2D eigenvalue weighted by molar-refractivity contribution is 5.66. The Hall–Kier alpha value is -1.87. The van der Waals surface area contributed by atoms with E-state index < -0.39 is 0 Å². The minimum absolute atomic E-state index is 0.178. The summed E-state index contributed by atoms with van der Waals surface area (Å²) in [6, 6.07) is 10.7. The van der Waals surface area contributed by atoms with Crippen molar-refractivity contribution in [2.45, 2.75) is 20.5 Å². The van der Waals surface area contributed by atoms with Crippen molar-refractivity contribution in [1.82, 2.24) is 0 Å². The normalized spacial score (nSPS) is 10.6. The first-order chi connectivity index (χ1) is 9.01. The Kier molecular flexibility index (Phi) is 3.86. The van der Waals surface area contributed by atoms with Crippen molar-refractivity contribution in [1.29, 1.82) is 0 Å². The van der Waals surface area contributed by atoms with E-state index in [1.807, 2.05) is 25.8 Å². The minimum atomic E-state index is -0.332. The molecule has 0 aliphatic rings. The van der Waals surface area contributed by atoms with Gasteiger partial charge in [-0.3, -0.25) is 0 Å². The van der Waals surface area contributed by atoms with E-state index in [0.717, 1.165) is 11.4 Å². The van der Waals surface area contributed by atoms with Gasteiger partial charge in [0.1, 0.15) is 5.82 Å². The van der Waals surface area contributed by atoms with Crippen LogP contribution in [0.25, 0.3) is 0 Å². The van der Waals surface area contributed by atoms with Gasteiger partial charge in [0.15, 0.2) is 0 Å². The van der Waals surface area contributed by atoms with E-state index in [2.05, 4.69) is 18.2 Å². The van der Waals surface area contributed by atoms with Crippen molar-refractivity contribution >= 4 is 11.4 Å². The lowest BCUT2D eigenvalue weighted by Gasteiger charge is -2.23. The first-order valence-corrected chi connectivity index (χ1v) is 6.22. The Morgan fingerprint density at radius 3 is 2.26 bits per heavy atom. The molecule has 100 valence electrons. The van der Waals surface area contributed by atoms with Crippen molar-refractivity contribution < 1.29 is 9.50 Å². The van der Waals surface area contributed by atoms with Gasteiger partial charge < -0.3 is 10.0 Å². The third-order valence-electron chi connectivity index (χ3n) is 3.17. The molecule has 0 saturated heterocycles. The molecule has 0 heterocycles. The van der Waals surface area contributed by atoms with Gasteiger partial charge in [-0.15, -0.1) is 0 Å². The average Bonchev–Trinajstić information content (AvgIpc) is 2.36. The van der Waals surface area contributed by atoms with Crippen LogP contribution in [0.1, 0.15) is 16.7 Å². The van der Waals surface area contributed by atoms with Gasteiger partial charge in [0.2, 0.25) is 0 Å². The van der Waals surface area contributed by atoms with Gasteiger partial charge in [-0.2, -0.15) is 0 Å². The van der Waals surface area contributed by atoms with Crippen molar-refractivity contribution in [3.63, 3.8) is 0 Å². The summed E-state index contributed by atoms with van der Waals surface area (Å²) in [5.74, 6) is -0.332. The highest BCUT2D eigenvalue weighted by atomic mass is 19.1. The van der Waals surface area contributed by atoms with E-state index in [1.54, 1.807) is 6.07 Å². The van der Waals surface area contributed by atoms with Gasteiger partial charge in [0, 0.05) is 24.0 Å². The molecular formula is C16H18FNO. The van der Waals surface area contributed by atoms with Crippen LogP contribution in [0.4, 0.5) is 15.8 Å². The largest absolute Gasteiger partial charge is 0.392 e. The second kappa shape index (κ2) is 5.41. The average molecular weight is 259 g/mol. The number of rotatable bonds is 3. The molecule has 0 aromatic heterocycles. The molecule has 2 rings (SSSR count). The molecular weight excluding hydrogens is 241 g/mol. The monoisotopic (exact) mass is 259 g/mol. The number of hydrogen-bond donors (Lipinski definition) is 1. The first-order valence-electron chi connectivity index (χ1n) is 6.22. The number of anilines is 2. The summed E-state index contributed by atoms with van der Waals surface area (Å²) in [4.78, 5) is 1.96. The summed E-state index contributed by atoms with van der Waals surface area (Å²) in [6.07, 6.45) is 0. The number of halogens is 1. The fraction of sp³-hybridized carbons (Fsp3) is 0.250. The second-order valence-electron chi connectivity index (χ2n) is 4.84. The standard InChI is InChI=1S/C16H18FNO/c1-11-6-12(2)8-15(7-11)18(3)16-5-4-14(17)9-13(16)10-19/h4-9,19H,10H2,1-3H3. The molecule has 3 heteroatoms. The van der Waals surface area contributed by atoms with E-state index in [4.69, 9.17) is 0 Å². The lowest BCUT2D eigenvalue weighted by atomic mass is 10.1. The maximum Gasteiger partial charge on any atom is 0.123 e. The fourth-order valence-corrected chi connectivity index (χ4v) is 2.29. The second-order valence-corrected chi connectivity index (χ2v) is 4.84. The number of aliphatic hydroxyl groups is 1. The quantitative estimate of drug-likeness (QED) is 0.908. The maximum absolute atomic E-state index is 13.2. The third-order valence-corrected chi connectivity index (χ3v) is 3.17. The highest BCUT2D eigenvalue weighted by Crippen LogP contribution is 2.29. The van der Waals surface area contributed by atoms with Gasteiger partial charge in [-0.05, 0) is 55.3 Å². The van der Waals surface area contributed by atoms with Gasteiger partial charge in [-0.1, -0.05) is 6.07 Å². The molecule has 19 heavy (non-hydrogen) atoms. The minimum Gasteiger partial charge on any atom is -0.392 e. The number of nitrogens with zero attached hydrogens (tertiary/aromatic N) is 1. The number of benzene rings is 2. The summed E-state index contributed by atoms with van der Waals surface area (Å²) >= 11 is 0. The topological polar surface area (TPSA) is 23.5 Å². The van der Waals surface area contributed by atoms with Gasteiger partial charge >= 0.3 is 0 Å². The molecule has 0 saturated carbocycles. The van der Waals surface area contributed by atoms with Crippen molar-refractivity contribution in [3.8, 4) is 0 Å². The predicted molar refractivity (Wildman–Crippen MR) is 76.3 cm³/mol. The zero-order valence-electron chi connectivity index (χ0n) is 11.4. The van der Waals surface area contributed by atoms with Crippen LogP contribution in [0.15, 0.2) is 36.4 Å². The molecule has 0 fully saturated rings. The molecule has 2 nitrogen and oxygen atoms in total. The molecule has 0 unspecified atom stereocenters. The zero-order valence-corrected chi connectivity index (χ0v) is 11.4.